The number of amides is 1. The van der Waals surface area contributed by atoms with Crippen molar-refractivity contribution in [2.45, 2.75) is 11.3 Å². The molecule has 21 heavy (non-hydrogen) atoms. The zero-order valence-electron chi connectivity index (χ0n) is 11.3. The van der Waals surface area contributed by atoms with Crippen molar-refractivity contribution in [1.82, 2.24) is 4.90 Å². The number of nitrogens with zero attached hydrogens (tertiary/aromatic N) is 1. The molecule has 3 N–H and O–H groups in total. The van der Waals surface area contributed by atoms with Gasteiger partial charge in [-0.05, 0) is 29.8 Å². The van der Waals surface area contributed by atoms with Crippen LogP contribution < -0.4 is 5.73 Å². The summed E-state index contributed by atoms with van der Waals surface area (Å²) in [5.74, 6) is -0.458. The van der Waals surface area contributed by atoms with Gasteiger partial charge >= 0.3 is 5.97 Å². The smallest absolute Gasteiger partial charge is 0.352 e. The maximum atomic E-state index is 11.5. The number of hydrogen-bond acceptors (Lipinski definition) is 5. The lowest BCUT2D eigenvalue weighted by molar-refractivity contribution is -0.144. The van der Waals surface area contributed by atoms with Gasteiger partial charge in [-0.2, -0.15) is 12.6 Å². The van der Waals surface area contributed by atoms with E-state index in [1.165, 1.54) is 16.7 Å². The number of thioether (sulfide) groups is 1. The molecule has 1 fully saturated rings. The molecule has 1 saturated heterocycles. The molecule has 0 unspecified atom stereocenters. The normalized spacial score (nSPS) is 15.5. The van der Waals surface area contributed by atoms with E-state index >= 15 is 0 Å². The molecule has 112 valence electrons. The molecule has 2 rings (SSSR count). The summed E-state index contributed by atoms with van der Waals surface area (Å²) in [6.45, 7) is 0.463. The van der Waals surface area contributed by atoms with Crippen molar-refractivity contribution in [3.05, 3.63) is 35.5 Å². The summed E-state index contributed by atoms with van der Waals surface area (Å²) >= 11 is 5.70. The number of thiol groups is 1. The molecule has 7 heteroatoms. The second kappa shape index (κ2) is 6.91. The molecular weight excluding hydrogens is 308 g/mol. The van der Waals surface area contributed by atoms with Gasteiger partial charge in [-0.1, -0.05) is 0 Å². The number of benzene rings is 1. The van der Waals surface area contributed by atoms with Gasteiger partial charge in [0.25, 0.3) is 0 Å². The molecule has 0 aromatic heterocycles. The summed E-state index contributed by atoms with van der Waals surface area (Å²) in [5.41, 5.74) is 7.02. The molecule has 1 aromatic carbocycles. The van der Waals surface area contributed by atoms with E-state index in [4.69, 9.17) is 5.73 Å². The number of carbonyl (C=O) groups is 2. The average Bonchev–Trinajstić information content (AvgIpc) is 2.46. The summed E-state index contributed by atoms with van der Waals surface area (Å²) in [5, 5.41) is 9.35. The number of aliphatic carboxylic acids is 1. The lowest BCUT2D eigenvalue weighted by Crippen LogP contribution is -2.45. The third-order valence-corrected chi connectivity index (χ3v) is 4.62. The van der Waals surface area contributed by atoms with Crippen LogP contribution in [0, 0.1) is 0 Å². The first kappa shape index (κ1) is 15.8. The highest BCUT2D eigenvalue weighted by Gasteiger charge is 2.32. The van der Waals surface area contributed by atoms with Crippen LogP contribution in [-0.2, 0) is 9.59 Å². The Morgan fingerprint density at radius 3 is 2.48 bits per heavy atom. The van der Waals surface area contributed by atoms with Gasteiger partial charge in [0.2, 0.25) is 5.91 Å². The summed E-state index contributed by atoms with van der Waals surface area (Å²) in [6.07, 6.45) is 0.405. The monoisotopic (exact) mass is 324 g/mol. The summed E-state index contributed by atoms with van der Waals surface area (Å²) in [6, 6.07) is 7.35. The molecule has 0 aliphatic carbocycles. The van der Waals surface area contributed by atoms with Crippen LogP contribution in [0.5, 0.6) is 0 Å². The van der Waals surface area contributed by atoms with E-state index in [1.807, 2.05) is 12.1 Å². The molecular formula is C14H16N2O3S2. The van der Waals surface area contributed by atoms with E-state index in [-0.39, 0.29) is 11.6 Å². The van der Waals surface area contributed by atoms with Crippen molar-refractivity contribution in [2.75, 3.05) is 23.8 Å². The molecule has 1 aromatic rings. The number of hydrogen-bond donors (Lipinski definition) is 3. The number of nitrogens with two attached hydrogens (primary N) is 1. The minimum atomic E-state index is -1.08. The average molecular weight is 324 g/mol. The second-order valence-corrected chi connectivity index (χ2v) is 5.93. The number of likely N-dealkylation sites (tertiary alicyclic amines) is 1. The molecule has 1 amide bonds. The van der Waals surface area contributed by atoms with Crippen LogP contribution in [0.2, 0.25) is 0 Å². The van der Waals surface area contributed by atoms with Crippen molar-refractivity contribution in [3.8, 4) is 0 Å². The Bertz CT molecular complexity index is 584. The van der Waals surface area contributed by atoms with E-state index in [2.05, 4.69) is 12.6 Å². The predicted octanol–water partition coefficient (Wildman–Crippen LogP) is 1.86. The summed E-state index contributed by atoms with van der Waals surface area (Å²) in [7, 11) is 0. The Hall–Kier alpha value is -1.60. The van der Waals surface area contributed by atoms with Crippen molar-refractivity contribution >= 4 is 42.0 Å². The van der Waals surface area contributed by atoms with E-state index in [9.17, 15) is 14.7 Å². The number of nitrogen functional groups attached to an aromatic ring is 1. The number of rotatable bonds is 6. The molecule has 0 atom stereocenters. The molecule has 0 spiro atoms. The second-order valence-electron chi connectivity index (χ2n) is 4.57. The number of carboxylic acids is 1. The fraction of sp³-hybridized carbons (Fsp3) is 0.286. The molecule has 1 aliphatic rings. The lowest BCUT2D eigenvalue weighted by atomic mass is 10.1. The highest BCUT2D eigenvalue weighted by molar-refractivity contribution is 7.99. The largest absolute Gasteiger partial charge is 0.477 e. The van der Waals surface area contributed by atoms with Crippen LogP contribution in [0.3, 0.4) is 0 Å². The molecule has 0 bridgehead atoms. The van der Waals surface area contributed by atoms with Crippen molar-refractivity contribution in [3.63, 3.8) is 0 Å². The minimum Gasteiger partial charge on any atom is -0.477 e. The van der Waals surface area contributed by atoms with Crippen LogP contribution in [0.15, 0.2) is 40.4 Å². The molecule has 0 radical (unpaired) electrons. The highest BCUT2D eigenvalue weighted by Crippen LogP contribution is 2.27. The van der Waals surface area contributed by atoms with Crippen molar-refractivity contribution in [2.24, 2.45) is 0 Å². The first-order valence-corrected chi connectivity index (χ1v) is 7.99. The Balaban J connectivity index is 2.15. The predicted molar refractivity (Wildman–Crippen MR) is 86.4 cm³/mol. The number of carboxylic acid groups (broad SMARTS) is 1. The van der Waals surface area contributed by atoms with E-state index < -0.39 is 5.97 Å². The van der Waals surface area contributed by atoms with Crippen LogP contribution in [0.4, 0.5) is 5.69 Å². The van der Waals surface area contributed by atoms with E-state index in [0.29, 0.717) is 35.7 Å². The van der Waals surface area contributed by atoms with Crippen LogP contribution in [-0.4, -0.2) is 39.9 Å². The molecule has 5 nitrogen and oxygen atoms in total. The molecule has 1 aliphatic heterocycles. The Kier molecular flexibility index (Phi) is 5.19. The summed E-state index contributed by atoms with van der Waals surface area (Å²) in [4.78, 5) is 25.2. The molecule has 1 heterocycles. The Labute approximate surface area is 132 Å². The van der Waals surface area contributed by atoms with Gasteiger partial charge in [-0.25, -0.2) is 4.79 Å². The third kappa shape index (κ3) is 3.74. The van der Waals surface area contributed by atoms with Crippen LogP contribution >= 0.6 is 24.4 Å². The van der Waals surface area contributed by atoms with Crippen LogP contribution in [0.1, 0.15) is 6.42 Å². The van der Waals surface area contributed by atoms with Crippen molar-refractivity contribution < 1.29 is 14.7 Å². The fourth-order valence-electron chi connectivity index (χ4n) is 1.93. The van der Waals surface area contributed by atoms with E-state index in [0.717, 1.165) is 4.90 Å². The van der Waals surface area contributed by atoms with Gasteiger partial charge in [0.05, 0.1) is 0 Å². The first-order chi connectivity index (χ1) is 10.0. The Morgan fingerprint density at radius 2 is 2.05 bits per heavy atom. The van der Waals surface area contributed by atoms with Gasteiger partial charge in [0.15, 0.2) is 0 Å². The minimum absolute atomic E-state index is 0.0733. The van der Waals surface area contributed by atoms with Gasteiger partial charge in [-0.3, -0.25) is 4.79 Å². The lowest BCUT2D eigenvalue weighted by Gasteiger charge is -2.32. The Morgan fingerprint density at radius 1 is 1.38 bits per heavy atom. The maximum absolute atomic E-state index is 11.5. The quantitative estimate of drug-likeness (QED) is 0.245. The van der Waals surface area contributed by atoms with Crippen LogP contribution in [0.25, 0.3) is 0 Å². The third-order valence-electron chi connectivity index (χ3n) is 3.14. The number of β-lactam (4-membered cyclic amide) rings is 1. The van der Waals surface area contributed by atoms with E-state index in [1.54, 1.807) is 12.1 Å². The van der Waals surface area contributed by atoms with Gasteiger partial charge in [-0.15, -0.1) is 11.8 Å². The topological polar surface area (TPSA) is 83.6 Å². The maximum Gasteiger partial charge on any atom is 0.352 e. The SMILES string of the molecule is Nc1ccc(SC/C(CS)=C(\C(=O)O)N2CCC2=O)cc1. The number of carbonyl (C=O) groups excluding carboxylic acids is 1. The van der Waals surface area contributed by atoms with Gasteiger partial charge in [0, 0.05) is 35.1 Å². The fourth-order valence-corrected chi connectivity index (χ4v) is 3.25. The standard InChI is InChI=1S/C14H16N2O3S2/c15-10-1-3-11(4-2-10)21-8-9(7-20)13(14(18)19)16-6-5-12(16)17/h1-4,20H,5-8,15H2,(H,18,19)/b13-9+. The zero-order valence-corrected chi connectivity index (χ0v) is 13.0. The highest BCUT2D eigenvalue weighted by atomic mass is 32.2. The summed E-state index contributed by atoms with van der Waals surface area (Å²) < 4.78 is 0. The van der Waals surface area contributed by atoms with Gasteiger partial charge < -0.3 is 15.7 Å². The van der Waals surface area contributed by atoms with Gasteiger partial charge in [0.1, 0.15) is 5.70 Å². The number of anilines is 1. The first-order valence-electron chi connectivity index (χ1n) is 6.38. The zero-order chi connectivity index (χ0) is 15.4. The molecule has 0 saturated carbocycles. The van der Waals surface area contributed by atoms with Crippen molar-refractivity contribution in [1.29, 1.82) is 0 Å².